The molecule has 3 heteroatoms. The molecular formula is C10H13F2N. The van der Waals surface area contributed by atoms with Crippen LogP contribution in [0, 0.1) is 11.6 Å². The van der Waals surface area contributed by atoms with Crippen LogP contribution in [0.1, 0.15) is 25.3 Å². The molecule has 0 amide bonds. The number of rotatable bonds is 3. The van der Waals surface area contributed by atoms with Crippen molar-refractivity contribution in [3.8, 4) is 0 Å². The molecule has 1 aromatic rings. The largest absolute Gasteiger partial charge is 0.396 e. The third-order valence-electron chi connectivity index (χ3n) is 1.97. The van der Waals surface area contributed by atoms with Gasteiger partial charge in [0.2, 0.25) is 0 Å². The lowest BCUT2D eigenvalue weighted by Gasteiger charge is -2.04. The highest BCUT2D eigenvalue weighted by Gasteiger charge is 2.06. The summed E-state index contributed by atoms with van der Waals surface area (Å²) in [5.41, 5.74) is 5.49. The average Bonchev–Trinajstić information content (AvgIpc) is 2.09. The van der Waals surface area contributed by atoms with Crippen LogP contribution in [0.4, 0.5) is 14.5 Å². The van der Waals surface area contributed by atoms with Gasteiger partial charge in [-0.05, 0) is 24.5 Å². The number of aryl methyl sites for hydroxylation is 1. The number of anilines is 1. The molecule has 0 radical (unpaired) electrons. The number of benzene rings is 1. The Morgan fingerprint density at radius 3 is 2.54 bits per heavy atom. The molecule has 13 heavy (non-hydrogen) atoms. The Morgan fingerprint density at radius 2 is 1.92 bits per heavy atom. The number of hydrogen-bond acceptors (Lipinski definition) is 1. The predicted molar refractivity (Wildman–Crippen MR) is 49.4 cm³/mol. The fraction of sp³-hybridized carbons (Fsp3) is 0.400. The number of nitrogen functional groups attached to an aromatic ring is 1. The maximum atomic E-state index is 13.1. The van der Waals surface area contributed by atoms with Gasteiger partial charge in [-0.3, -0.25) is 0 Å². The van der Waals surface area contributed by atoms with E-state index in [2.05, 4.69) is 0 Å². The summed E-state index contributed by atoms with van der Waals surface area (Å²) in [7, 11) is 0. The van der Waals surface area contributed by atoms with Crippen molar-refractivity contribution >= 4 is 5.69 Å². The summed E-state index contributed by atoms with van der Waals surface area (Å²) in [6, 6.07) is 2.22. The van der Waals surface area contributed by atoms with E-state index in [4.69, 9.17) is 5.73 Å². The van der Waals surface area contributed by atoms with Gasteiger partial charge in [-0.25, -0.2) is 8.78 Å². The highest BCUT2D eigenvalue weighted by Crippen LogP contribution is 2.18. The molecule has 0 bridgehead atoms. The van der Waals surface area contributed by atoms with Crippen molar-refractivity contribution in [3.05, 3.63) is 29.3 Å². The molecule has 0 aromatic heterocycles. The second-order valence-corrected chi connectivity index (χ2v) is 3.07. The lowest BCUT2D eigenvalue weighted by atomic mass is 10.1. The van der Waals surface area contributed by atoms with Gasteiger partial charge in [-0.15, -0.1) is 0 Å². The fourth-order valence-corrected chi connectivity index (χ4v) is 1.16. The summed E-state index contributed by atoms with van der Waals surface area (Å²) < 4.78 is 26.0. The predicted octanol–water partition coefficient (Wildman–Crippen LogP) is 2.89. The zero-order valence-electron chi connectivity index (χ0n) is 7.61. The molecule has 0 unspecified atom stereocenters. The SMILES string of the molecule is CCCCc1cc(F)c(N)cc1F. The van der Waals surface area contributed by atoms with Gasteiger partial charge in [0.1, 0.15) is 11.6 Å². The summed E-state index contributed by atoms with van der Waals surface area (Å²) >= 11 is 0. The maximum Gasteiger partial charge on any atom is 0.146 e. The van der Waals surface area contributed by atoms with Crippen LogP contribution < -0.4 is 5.73 Å². The van der Waals surface area contributed by atoms with Crippen molar-refractivity contribution in [2.75, 3.05) is 5.73 Å². The Labute approximate surface area is 76.6 Å². The van der Waals surface area contributed by atoms with Gasteiger partial charge in [0.25, 0.3) is 0 Å². The lowest BCUT2D eigenvalue weighted by molar-refractivity contribution is 0.583. The van der Waals surface area contributed by atoms with Crippen molar-refractivity contribution in [2.24, 2.45) is 0 Å². The summed E-state index contributed by atoms with van der Waals surface area (Å²) in [5.74, 6) is -0.945. The van der Waals surface area contributed by atoms with E-state index in [0.29, 0.717) is 12.0 Å². The fourth-order valence-electron chi connectivity index (χ4n) is 1.16. The quantitative estimate of drug-likeness (QED) is 0.720. The lowest BCUT2D eigenvalue weighted by Crippen LogP contribution is -1.97. The molecule has 0 fully saturated rings. The van der Waals surface area contributed by atoms with Crippen molar-refractivity contribution in [1.82, 2.24) is 0 Å². The molecule has 1 aromatic carbocycles. The molecule has 0 atom stereocenters. The van der Waals surface area contributed by atoms with Crippen LogP contribution in [0.5, 0.6) is 0 Å². The van der Waals surface area contributed by atoms with Gasteiger partial charge in [0, 0.05) is 6.07 Å². The summed E-state index contributed by atoms with van der Waals surface area (Å²) in [5, 5.41) is 0. The molecule has 0 saturated heterocycles. The van der Waals surface area contributed by atoms with E-state index >= 15 is 0 Å². The molecule has 0 heterocycles. The first-order chi connectivity index (χ1) is 6.15. The normalized spacial score (nSPS) is 10.4. The molecular weight excluding hydrogens is 172 g/mol. The Kier molecular flexibility index (Phi) is 3.23. The van der Waals surface area contributed by atoms with E-state index in [1.807, 2.05) is 6.92 Å². The first kappa shape index (κ1) is 9.96. The minimum atomic E-state index is -0.535. The van der Waals surface area contributed by atoms with Gasteiger partial charge in [-0.1, -0.05) is 13.3 Å². The van der Waals surface area contributed by atoms with Crippen LogP contribution >= 0.6 is 0 Å². The Hall–Kier alpha value is -1.12. The first-order valence-corrected chi connectivity index (χ1v) is 4.38. The molecule has 0 spiro atoms. The highest BCUT2D eigenvalue weighted by molar-refractivity contribution is 5.42. The topological polar surface area (TPSA) is 26.0 Å². The molecule has 0 aliphatic heterocycles. The minimum absolute atomic E-state index is 0.127. The Morgan fingerprint density at radius 1 is 1.23 bits per heavy atom. The second-order valence-electron chi connectivity index (χ2n) is 3.07. The smallest absolute Gasteiger partial charge is 0.146 e. The molecule has 1 rings (SSSR count). The minimum Gasteiger partial charge on any atom is -0.396 e. The second kappa shape index (κ2) is 4.21. The third-order valence-corrected chi connectivity index (χ3v) is 1.97. The zero-order valence-corrected chi connectivity index (χ0v) is 7.61. The average molecular weight is 185 g/mol. The molecule has 2 N–H and O–H groups in total. The molecule has 0 aliphatic carbocycles. The number of hydrogen-bond donors (Lipinski definition) is 1. The molecule has 72 valence electrons. The van der Waals surface area contributed by atoms with Gasteiger partial charge in [-0.2, -0.15) is 0 Å². The Balaban J connectivity index is 2.88. The van der Waals surface area contributed by atoms with E-state index in [9.17, 15) is 8.78 Å². The van der Waals surface area contributed by atoms with Crippen molar-refractivity contribution < 1.29 is 8.78 Å². The number of nitrogens with two attached hydrogens (primary N) is 1. The maximum absolute atomic E-state index is 13.1. The number of unbranched alkanes of at least 4 members (excludes halogenated alkanes) is 1. The van der Waals surface area contributed by atoms with Crippen LogP contribution in [0.15, 0.2) is 12.1 Å². The summed E-state index contributed by atoms with van der Waals surface area (Å²) in [4.78, 5) is 0. The monoisotopic (exact) mass is 185 g/mol. The Bertz CT molecular complexity index is 297. The first-order valence-electron chi connectivity index (χ1n) is 4.38. The highest BCUT2D eigenvalue weighted by atomic mass is 19.1. The van der Waals surface area contributed by atoms with Crippen LogP contribution in [-0.2, 0) is 6.42 Å². The molecule has 1 nitrogen and oxygen atoms in total. The van der Waals surface area contributed by atoms with E-state index in [1.54, 1.807) is 0 Å². The van der Waals surface area contributed by atoms with Gasteiger partial charge in [0.15, 0.2) is 0 Å². The van der Waals surface area contributed by atoms with E-state index in [0.717, 1.165) is 18.9 Å². The van der Waals surface area contributed by atoms with E-state index in [-0.39, 0.29) is 5.69 Å². The van der Waals surface area contributed by atoms with Crippen molar-refractivity contribution in [1.29, 1.82) is 0 Å². The van der Waals surface area contributed by atoms with Crippen LogP contribution in [0.25, 0.3) is 0 Å². The summed E-state index contributed by atoms with van der Waals surface area (Å²) in [6.07, 6.45) is 2.39. The van der Waals surface area contributed by atoms with Crippen molar-refractivity contribution in [2.45, 2.75) is 26.2 Å². The van der Waals surface area contributed by atoms with Gasteiger partial charge < -0.3 is 5.73 Å². The molecule has 0 saturated carbocycles. The molecule has 0 aliphatic rings. The van der Waals surface area contributed by atoms with Crippen LogP contribution in [0.3, 0.4) is 0 Å². The van der Waals surface area contributed by atoms with Gasteiger partial charge in [0.05, 0.1) is 5.69 Å². The van der Waals surface area contributed by atoms with E-state index in [1.165, 1.54) is 6.07 Å². The van der Waals surface area contributed by atoms with Crippen LogP contribution in [-0.4, -0.2) is 0 Å². The third kappa shape index (κ3) is 2.41. The van der Waals surface area contributed by atoms with E-state index < -0.39 is 11.6 Å². The van der Waals surface area contributed by atoms with Crippen molar-refractivity contribution in [3.63, 3.8) is 0 Å². The standard InChI is InChI=1S/C10H13F2N/c1-2-3-4-7-5-9(12)10(13)6-8(7)11/h5-6H,2-4,13H2,1H3. The summed E-state index contributed by atoms with van der Waals surface area (Å²) in [6.45, 7) is 2.01. The van der Waals surface area contributed by atoms with Crippen LogP contribution in [0.2, 0.25) is 0 Å². The zero-order chi connectivity index (χ0) is 9.84. The number of halogens is 2. The van der Waals surface area contributed by atoms with Gasteiger partial charge >= 0.3 is 0 Å².